The summed E-state index contributed by atoms with van der Waals surface area (Å²) in [4.78, 5) is 5.33. The number of benzene rings is 1. The van der Waals surface area contributed by atoms with Gasteiger partial charge in [-0.1, -0.05) is 6.07 Å². The number of nitrogens with zero attached hydrogens (tertiary/aromatic N) is 1. The molecule has 0 bridgehead atoms. The van der Waals surface area contributed by atoms with E-state index in [0.29, 0.717) is 6.54 Å². The molecule has 1 aromatic carbocycles. The Balaban J connectivity index is 1.73. The highest BCUT2D eigenvalue weighted by Gasteiger charge is 2.29. The molecule has 1 aliphatic heterocycles. The molecule has 1 fully saturated rings. The Morgan fingerprint density at radius 3 is 2.90 bits per heavy atom. The Morgan fingerprint density at radius 1 is 1.33 bits per heavy atom. The molecule has 0 amide bonds. The van der Waals surface area contributed by atoms with Crippen molar-refractivity contribution in [2.45, 2.75) is 25.0 Å². The molecule has 0 spiro atoms. The second kappa shape index (κ2) is 5.95. The number of hydrogen-bond donors (Lipinski definition) is 2. The minimum atomic E-state index is -0.957. The first-order chi connectivity index (χ1) is 10.1. The standard InChI is InChI=1S/C16H18F2N2O/c17-11-5-6-12(13(18)9-11)16(21)10-20-8-2-4-15(20)14-3-1-7-19-14/h1,3,5-7,9,15-16,19,21H,2,4,8,10H2. The van der Waals surface area contributed by atoms with Crippen molar-refractivity contribution < 1.29 is 13.9 Å². The van der Waals surface area contributed by atoms with Crippen LogP contribution in [0, 0.1) is 11.6 Å². The van der Waals surface area contributed by atoms with Crippen molar-refractivity contribution in [1.82, 2.24) is 9.88 Å². The lowest BCUT2D eigenvalue weighted by Gasteiger charge is -2.26. The van der Waals surface area contributed by atoms with Gasteiger partial charge in [-0.15, -0.1) is 0 Å². The van der Waals surface area contributed by atoms with Gasteiger partial charge in [0.05, 0.1) is 6.10 Å². The highest BCUT2D eigenvalue weighted by atomic mass is 19.1. The van der Waals surface area contributed by atoms with Crippen LogP contribution in [0.1, 0.15) is 36.2 Å². The first kappa shape index (κ1) is 14.2. The molecule has 2 heterocycles. The number of nitrogens with one attached hydrogen (secondary N) is 1. The molecule has 1 saturated heterocycles. The summed E-state index contributed by atoms with van der Waals surface area (Å²) in [6, 6.07) is 7.49. The molecule has 2 aromatic rings. The largest absolute Gasteiger partial charge is 0.387 e. The zero-order chi connectivity index (χ0) is 14.8. The Labute approximate surface area is 122 Å². The van der Waals surface area contributed by atoms with Gasteiger partial charge in [0, 0.05) is 36.1 Å². The third-order valence-electron chi connectivity index (χ3n) is 4.07. The van der Waals surface area contributed by atoms with Crippen molar-refractivity contribution >= 4 is 0 Å². The maximum absolute atomic E-state index is 13.7. The van der Waals surface area contributed by atoms with E-state index in [1.807, 2.05) is 18.3 Å². The van der Waals surface area contributed by atoms with Crippen LogP contribution in [0.2, 0.25) is 0 Å². The highest BCUT2D eigenvalue weighted by molar-refractivity contribution is 5.21. The molecule has 112 valence electrons. The number of H-pyrrole nitrogens is 1. The van der Waals surface area contributed by atoms with Crippen LogP contribution < -0.4 is 0 Å². The molecule has 2 atom stereocenters. The second-order valence-electron chi connectivity index (χ2n) is 5.46. The average Bonchev–Trinajstić information content (AvgIpc) is 3.08. The normalized spacial score (nSPS) is 20.8. The van der Waals surface area contributed by atoms with E-state index < -0.39 is 17.7 Å². The number of hydrogen-bond acceptors (Lipinski definition) is 2. The van der Waals surface area contributed by atoms with E-state index >= 15 is 0 Å². The maximum Gasteiger partial charge on any atom is 0.131 e. The van der Waals surface area contributed by atoms with E-state index in [4.69, 9.17) is 0 Å². The van der Waals surface area contributed by atoms with Gasteiger partial charge in [0.25, 0.3) is 0 Å². The first-order valence-electron chi connectivity index (χ1n) is 7.15. The van der Waals surface area contributed by atoms with E-state index in [1.165, 1.54) is 12.1 Å². The molecule has 2 unspecified atom stereocenters. The number of rotatable bonds is 4. The fraction of sp³-hybridized carbons (Fsp3) is 0.375. The van der Waals surface area contributed by atoms with Crippen LogP contribution in [0.15, 0.2) is 36.5 Å². The zero-order valence-electron chi connectivity index (χ0n) is 11.6. The number of aromatic nitrogens is 1. The third-order valence-corrected chi connectivity index (χ3v) is 4.07. The van der Waals surface area contributed by atoms with E-state index in [2.05, 4.69) is 9.88 Å². The molecule has 0 radical (unpaired) electrons. The van der Waals surface area contributed by atoms with Crippen LogP contribution in [0.4, 0.5) is 8.78 Å². The molecular weight excluding hydrogens is 274 g/mol. The van der Waals surface area contributed by atoms with E-state index in [9.17, 15) is 13.9 Å². The van der Waals surface area contributed by atoms with E-state index in [-0.39, 0.29) is 11.6 Å². The summed E-state index contributed by atoms with van der Waals surface area (Å²) in [5, 5.41) is 10.3. The first-order valence-corrected chi connectivity index (χ1v) is 7.15. The highest BCUT2D eigenvalue weighted by Crippen LogP contribution is 2.32. The lowest BCUT2D eigenvalue weighted by Crippen LogP contribution is -2.29. The van der Waals surface area contributed by atoms with Gasteiger partial charge < -0.3 is 10.1 Å². The molecule has 21 heavy (non-hydrogen) atoms. The molecule has 2 N–H and O–H groups in total. The van der Waals surface area contributed by atoms with E-state index in [0.717, 1.165) is 31.1 Å². The summed E-state index contributed by atoms with van der Waals surface area (Å²) in [6.45, 7) is 1.20. The molecule has 1 aromatic heterocycles. The summed E-state index contributed by atoms with van der Waals surface area (Å²) in [5.41, 5.74) is 1.26. The SMILES string of the molecule is OC(CN1CCCC1c1ccc[nH]1)c1ccc(F)cc1F. The van der Waals surface area contributed by atoms with Gasteiger partial charge in [-0.3, -0.25) is 4.90 Å². The van der Waals surface area contributed by atoms with Gasteiger partial charge in [0.2, 0.25) is 0 Å². The van der Waals surface area contributed by atoms with Crippen LogP contribution in [0.5, 0.6) is 0 Å². The molecule has 0 aliphatic carbocycles. The van der Waals surface area contributed by atoms with Crippen molar-refractivity contribution in [3.63, 3.8) is 0 Å². The van der Waals surface area contributed by atoms with Gasteiger partial charge in [0.1, 0.15) is 11.6 Å². The fourth-order valence-corrected chi connectivity index (χ4v) is 3.04. The van der Waals surface area contributed by atoms with Crippen molar-refractivity contribution in [3.8, 4) is 0 Å². The summed E-state index contributed by atoms with van der Waals surface area (Å²) >= 11 is 0. The fourth-order valence-electron chi connectivity index (χ4n) is 3.04. The van der Waals surface area contributed by atoms with E-state index in [1.54, 1.807) is 0 Å². The Bertz CT molecular complexity index is 600. The van der Waals surface area contributed by atoms with Crippen LogP contribution in [-0.4, -0.2) is 28.1 Å². The Kier molecular flexibility index (Phi) is 4.03. The van der Waals surface area contributed by atoms with Crippen LogP contribution in [-0.2, 0) is 0 Å². The Morgan fingerprint density at radius 2 is 2.19 bits per heavy atom. The number of aliphatic hydroxyl groups excluding tert-OH is 1. The van der Waals surface area contributed by atoms with Crippen molar-refractivity contribution in [3.05, 3.63) is 59.4 Å². The molecule has 1 aliphatic rings. The van der Waals surface area contributed by atoms with Gasteiger partial charge in [-0.05, 0) is 37.6 Å². The molecule has 5 heteroatoms. The Hall–Kier alpha value is -1.72. The van der Waals surface area contributed by atoms with Crippen molar-refractivity contribution in [1.29, 1.82) is 0 Å². The molecule has 3 rings (SSSR count). The molecule has 0 saturated carbocycles. The molecule has 3 nitrogen and oxygen atoms in total. The second-order valence-corrected chi connectivity index (χ2v) is 5.46. The lowest BCUT2D eigenvalue weighted by molar-refractivity contribution is 0.102. The zero-order valence-corrected chi connectivity index (χ0v) is 11.6. The minimum absolute atomic E-state index is 0.147. The number of aliphatic hydroxyl groups is 1. The summed E-state index contributed by atoms with van der Waals surface area (Å²) < 4.78 is 26.6. The summed E-state index contributed by atoms with van der Waals surface area (Å²) in [5.74, 6) is -1.33. The summed E-state index contributed by atoms with van der Waals surface area (Å²) in [7, 11) is 0. The van der Waals surface area contributed by atoms with Crippen LogP contribution >= 0.6 is 0 Å². The van der Waals surface area contributed by atoms with Gasteiger partial charge in [0.15, 0.2) is 0 Å². The van der Waals surface area contributed by atoms with Gasteiger partial charge in [-0.25, -0.2) is 8.78 Å². The maximum atomic E-state index is 13.7. The average molecular weight is 292 g/mol. The van der Waals surface area contributed by atoms with Crippen LogP contribution in [0.3, 0.4) is 0 Å². The van der Waals surface area contributed by atoms with Crippen molar-refractivity contribution in [2.24, 2.45) is 0 Å². The predicted molar refractivity (Wildman–Crippen MR) is 75.7 cm³/mol. The van der Waals surface area contributed by atoms with Crippen LogP contribution in [0.25, 0.3) is 0 Å². The van der Waals surface area contributed by atoms with Gasteiger partial charge in [-0.2, -0.15) is 0 Å². The smallest absolute Gasteiger partial charge is 0.131 e. The topological polar surface area (TPSA) is 39.3 Å². The molecular formula is C16H18F2N2O. The van der Waals surface area contributed by atoms with Crippen molar-refractivity contribution in [2.75, 3.05) is 13.1 Å². The number of β-amino-alcohol motifs (C(OH)–C–C–N with tert-alkyl or cyclic N) is 1. The lowest BCUT2D eigenvalue weighted by atomic mass is 10.1. The third kappa shape index (κ3) is 2.99. The number of likely N-dealkylation sites (tertiary alicyclic amines) is 1. The quantitative estimate of drug-likeness (QED) is 0.908. The number of aromatic amines is 1. The van der Waals surface area contributed by atoms with Gasteiger partial charge >= 0.3 is 0 Å². The predicted octanol–water partition coefficient (Wildman–Crippen LogP) is 3.16. The summed E-state index contributed by atoms with van der Waals surface area (Å²) in [6.07, 6.45) is 2.98. The number of halogens is 2. The monoisotopic (exact) mass is 292 g/mol. The minimum Gasteiger partial charge on any atom is -0.387 e.